The molecule has 4 heteroatoms. The summed E-state index contributed by atoms with van der Waals surface area (Å²) in [6.07, 6.45) is 3.91. The van der Waals surface area contributed by atoms with Gasteiger partial charge in [0.2, 0.25) is 0 Å². The highest BCUT2D eigenvalue weighted by atomic mass is 16.3. The number of hydrogen-bond acceptors (Lipinski definition) is 4. The molecule has 2 N–H and O–H groups in total. The van der Waals surface area contributed by atoms with Crippen molar-refractivity contribution in [1.29, 1.82) is 0 Å². The van der Waals surface area contributed by atoms with E-state index >= 15 is 0 Å². The molecule has 0 amide bonds. The van der Waals surface area contributed by atoms with Gasteiger partial charge in [-0.2, -0.15) is 0 Å². The molecule has 0 bridgehead atoms. The Bertz CT molecular complexity index is 420. The maximum absolute atomic E-state index is 10.1. The van der Waals surface area contributed by atoms with Crippen molar-refractivity contribution in [3.05, 3.63) is 23.9 Å². The van der Waals surface area contributed by atoms with Gasteiger partial charge in [-0.1, -0.05) is 13.0 Å². The zero-order valence-electron chi connectivity index (χ0n) is 12.7. The number of aliphatic hydroxyl groups is 1. The van der Waals surface area contributed by atoms with Crippen LogP contribution in [0.15, 0.2) is 18.2 Å². The van der Waals surface area contributed by atoms with Gasteiger partial charge in [0.25, 0.3) is 0 Å². The van der Waals surface area contributed by atoms with Crippen molar-refractivity contribution < 1.29 is 5.11 Å². The fourth-order valence-electron chi connectivity index (χ4n) is 2.63. The van der Waals surface area contributed by atoms with Gasteiger partial charge in [-0.25, -0.2) is 4.98 Å². The van der Waals surface area contributed by atoms with Crippen LogP contribution in [-0.2, 0) is 6.54 Å². The van der Waals surface area contributed by atoms with Gasteiger partial charge < -0.3 is 10.4 Å². The summed E-state index contributed by atoms with van der Waals surface area (Å²) in [5.41, 5.74) is 0.611. The number of likely N-dealkylation sites (tertiary alicyclic amines) is 1. The smallest absolute Gasteiger partial charge is 0.126 e. The first kappa shape index (κ1) is 15.3. The molecular weight excluding hydrogens is 250 g/mol. The Kier molecular flexibility index (Phi) is 5.38. The van der Waals surface area contributed by atoms with Gasteiger partial charge in [-0.05, 0) is 51.3 Å². The lowest BCUT2D eigenvalue weighted by Crippen LogP contribution is -2.28. The number of pyridine rings is 1. The van der Waals surface area contributed by atoms with Crippen LogP contribution in [0.3, 0.4) is 0 Å². The molecule has 2 heterocycles. The molecule has 112 valence electrons. The van der Waals surface area contributed by atoms with Crippen LogP contribution < -0.4 is 5.32 Å². The quantitative estimate of drug-likeness (QED) is 0.868. The molecule has 4 nitrogen and oxygen atoms in total. The molecule has 1 aliphatic heterocycles. The minimum atomic E-state index is -0.493. The highest BCUT2D eigenvalue weighted by molar-refractivity contribution is 5.35. The zero-order chi connectivity index (χ0) is 14.4. The average molecular weight is 277 g/mol. The van der Waals surface area contributed by atoms with Crippen molar-refractivity contribution in [3.63, 3.8) is 0 Å². The van der Waals surface area contributed by atoms with Gasteiger partial charge in [-0.15, -0.1) is 0 Å². The molecule has 0 radical (unpaired) electrons. The van der Waals surface area contributed by atoms with Crippen molar-refractivity contribution in [2.24, 2.45) is 0 Å². The number of aromatic nitrogens is 1. The Labute approximate surface area is 122 Å². The van der Waals surface area contributed by atoms with Gasteiger partial charge in [0.1, 0.15) is 5.82 Å². The fraction of sp³-hybridized carbons (Fsp3) is 0.688. The van der Waals surface area contributed by atoms with E-state index in [2.05, 4.69) is 34.3 Å². The third kappa shape index (κ3) is 4.76. The highest BCUT2D eigenvalue weighted by Gasteiger charge is 2.24. The van der Waals surface area contributed by atoms with Gasteiger partial charge in [0, 0.05) is 19.6 Å². The molecule has 0 aliphatic carbocycles. The summed E-state index contributed by atoms with van der Waals surface area (Å²) in [6.45, 7) is 7.93. The Hall–Kier alpha value is -1.13. The van der Waals surface area contributed by atoms with E-state index in [0.29, 0.717) is 0 Å². The average Bonchev–Trinajstić information content (AvgIpc) is 2.58. The largest absolute Gasteiger partial charge is 0.390 e. The summed E-state index contributed by atoms with van der Waals surface area (Å²) in [5.74, 6) is 0.964. The summed E-state index contributed by atoms with van der Waals surface area (Å²) < 4.78 is 0. The SMILES string of the molecule is CCCNc1cccc(CN2CCCC(C)(O)CC2)n1. The van der Waals surface area contributed by atoms with E-state index in [1.54, 1.807) is 0 Å². The maximum atomic E-state index is 10.1. The van der Waals surface area contributed by atoms with E-state index in [-0.39, 0.29) is 0 Å². The normalized spacial score (nSPS) is 24.4. The first-order valence-corrected chi connectivity index (χ1v) is 7.73. The summed E-state index contributed by atoms with van der Waals surface area (Å²) in [7, 11) is 0. The van der Waals surface area contributed by atoms with Gasteiger partial charge in [0.05, 0.1) is 11.3 Å². The van der Waals surface area contributed by atoms with Crippen LogP contribution in [0.1, 0.15) is 45.2 Å². The Balaban J connectivity index is 1.92. The second-order valence-corrected chi connectivity index (χ2v) is 6.07. The Morgan fingerprint density at radius 2 is 2.20 bits per heavy atom. The standard InChI is InChI=1S/C16H27N3O/c1-3-10-17-15-7-4-6-14(18-15)13-19-11-5-8-16(2,20)9-12-19/h4,6-7,20H,3,5,8-13H2,1-2H3,(H,17,18). The maximum Gasteiger partial charge on any atom is 0.126 e. The minimum absolute atomic E-state index is 0.493. The Morgan fingerprint density at radius 1 is 1.35 bits per heavy atom. The summed E-state index contributed by atoms with van der Waals surface area (Å²) in [6, 6.07) is 6.17. The molecule has 2 rings (SSSR count). The van der Waals surface area contributed by atoms with E-state index < -0.39 is 5.60 Å². The lowest BCUT2D eigenvalue weighted by atomic mass is 9.98. The van der Waals surface area contributed by atoms with E-state index in [1.807, 2.05) is 13.0 Å². The van der Waals surface area contributed by atoms with Gasteiger partial charge in [-0.3, -0.25) is 4.90 Å². The third-order valence-electron chi connectivity index (χ3n) is 3.90. The van der Waals surface area contributed by atoms with Crippen molar-refractivity contribution in [3.8, 4) is 0 Å². The van der Waals surface area contributed by atoms with Crippen LogP contribution in [0.2, 0.25) is 0 Å². The second kappa shape index (κ2) is 7.04. The predicted octanol–water partition coefficient (Wildman–Crippen LogP) is 2.64. The molecule has 1 fully saturated rings. The zero-order valence-corrected chi connectivity index (χ0v) is 12.7. The second-order valence-electron chi connectivity index (χ2n) is 6.07. The first-order chi connectivity index (χ1) is 9.59. The van der Waals surface area contributed by atoms with Crippen molar-refractivity contribution in [1.82, 2.24) is 9.88 Å². The number of nitrogens with zero attached hydrogens (tertiary/aromatic N) is 2. The van der Waals surface area contributed by atoms with Crippen LogP contribution in [0.5, 0.6) is 0 Å². The summed E-state index contributed by atoms with van der Waals surface area (Å²) in [5, 5.41) is 13.5. The monoisotopic (exact) mass is 277 g/mol. The predicted molar refractivity (Wildman–Crippen MR) is 82.8 cm³/mol. The van der Waals surface area contributed by atoms with E-state index in [1.165, 1.54) is 0 Å². The van der Waals surface area contributed by atoms with E-state index in [0.717, 1.165) is 63.4 Å². The van der Waals surface area contributed by atoms with Crippen molar-refractivity contribution >= 4 is 5.82 Å². The van der Waals surface area contributed by atoms with E-state index in [9.17, 15) is 5.11 Å². The van der Waals surface area contributed by atoms with Crippen LogP contribution >= 0.6 is 0 Å². The molecule has 0 aromatic carbocycles. The molecule has 20 heavy (non-hydrogen) atoms. The molecule has 1 atom stereocenters. The first-order valence-electron chi connectivity index (χ1n) is 7.73. The minimum Gasteiger partial charge on any atom is -0.390 e. The summed E-state index contributed by atoms with van der Waals surface area (Å²) in [4.78, 5) is 7.05. The summed E-state index contributed by atoms with van der Waals surface area (Å²) >= 11 is 0. The number of anilines is 1. The molecule has 1 unspecified atom stereocenters. The molecule has 0 spiro atoms. The van der Waals surface area contributed by atoms with Crippen LogP contribution in [0, 0.1) is 0 Å². The third-order valence-corrected chi connectivity index (χ3v) is 3.90. The number of hydrogen-bond donors (Lipinski definition) is 2. The van der Waals surface area contributed by atoms with Gasteiger partial charge in [0.15, 0.2) is 0 Å². The van der Waals surface area contributed by atoms with Crippen LogP contribution in [0.25, 0.3) is 0 Å². The lowest BCUT2D eigenvalue weighted by molar-refractivity contribution is 0.0444. The van der Waals surface area contributed by atoms with Crippen molar-refractivity contribution in [2.45, 2.75) is 51.7 Å². The van der Waals surface area contributed by atoms with Gasteiger partial charge >= 0.3 is 0 Å². The highest BCUT2D eigenvalue weighted by Crippen LogP contribution is 2.22. The molecular formula is C16H27N3O. The Morgan fingerprint density at radius 3 is 3.00 bits per heavy atom. The molecule has 1 aromatic heterocycles. The van der Waals surface area contributed by atoms with Crippen molar-refractivity contribution in [2.75, 3.05) is 25.0 Å². The van der Waals surface area contributed by atoms with E-state index in [4.69, 9.17) is 0 Å². The molecule has 0 saturated carbocycles. The molecule has 1 aromatic rings. The lowest BCUT2D eigenvalue weighted by Gasteiger charge is -2.22. The molecule has 1 saturated heterocycles. The van der Waals surface area contributed by atoms with Crippen LogP contribution in [-0.4, -0.2) is 40.2 Å². The topological polar surface area (TPSA) is 48.4 Å². The molecule has 1 aliphatic rings. The number of nitrogens with one attached hydrogen (secondary N) is 1. The van der Waals surface area contributed by atoms with Crippen LogP contribution in [0.4, 0.5) is 5.82 Å². The number of rotatable bonds is 5. The fourth-order valence-corrected chi connectivity index (χ4v) is 2.63.